The molecule has 0 amide bonds. The highest BCUT2D eigenvalue weighted by Crippen LogP contribution is 2.40. The van der Waals surface area contributed by atoms with Crippen LogP contribution in [0.1, 0.15) is 16.0 Å². The molecule has 0 radical (unpaired) electrons. The van der Waals surface area contributed by atoms with Crippen LogP contribution in [0.4, 0.5) is 0 Å². The quantitative estimate of drug-likeness (QED) is 0.509. The number of hydrogen-bond donors (Lipinski definition) is 0. The molecule has 0 fully saturated rings. The third kappa shape index (κ3) is 2.35. The molecular formula is C14H11Br3N2O2. The molecule has 1 atom stereocenters. The van der Waals surface area contributed by atoms with Crippen LogP contribution in [0.3, 0.4) is 0 Å². The molecule has 3 aromatic rings. The van der Waals surface area contributed by atoms with Gasteiger partial charge in [0.25, 0.3) is 0 Å². The van der Waals surface area contributed by atoms with Crippen LogP contribution in [0.15, 0.2) is 42.8 Å². The van der Waals surface area contributed by atoms with E-state index in [4.69, 9.17) is 4.42 Å². The highest BCUT2D eigenvalue weighted by atomic mass is 79.9. The third-order valence-corrected chi connectivity index (χ3v) is 5.90. The second-order valence-electron chi connectivity index (χ2n) is 4.78. The van der Waals surface area contributed by atoms with Gasteiger partial charge in [-0.3, -0.25) is 9.13 Å². The van der Waals surface area contributed by atoms with Crippen molar-refractivity contribution in [1.82, 2.24) is 9.13 Å². The average molecular weight is 479 g/mol. The standard InChI is InChI=1S/C14H11Br3N2O2/c1-18-10-5-8(12(16)7-3-4-21-13(7)17)9(15)6-11(10)19(2)14(18)20/h3-6,12H,1-2H3. The van der Waals surface area contributed by atoms with Gasteiger partial charge in [0.05, 0.1) is 22.1 Å². The summed E-state index contributed by atoms with van der Waals surface area (Å²) in [4.78, 5) is 12.0. The van der Waals surface area contributed by atoms with Crippen molar-refractivity contribution in [3.8, 4) is 0 Å². The van der Waals surface area contributed by atoms with Crippen molar-refractivity contribution >= 4 is 58.8 Å². The van der Waals surface area contributed by atoms with Gasteiger partial charge >= 0.3 is 5.69 Å². The first kappa shape index (κ1) is 15.1. The second-order valence-corrected chi connectivity index (χ2v) is 7.27. The normalized spacial score (nSPS) is 13.0. The number of fused-ring (bicyclic) bond motifs is 1. The maximum atomic E-state index is 12.0. The maximum Gasteiger partial charge on any atom is 0.328 e. The second kappa shape index (κ2) is 5.44. The van der Waals surface area contributed by atoms with Crippen molar-refractivity contribution in [2.45, 2.75) is 4.83 Å². The lowest BCUT2D eigenvalue weighted by Crippen LogP contribution is -2.19. The summed E-state index contributed by atoms with van der Waals surface area (Å²) in [5.74, 6) is 0. The van der Waals surface area contributed by atoms with Crippen LogP contribution < -0.4 is 5.69 Å². The van der Waals surface area contributed by atoms with Gasteiger partial charge in [-0.05, 0) is 39.7 Å². The van der Waals surface area contributed by atoms with Gasteiger partial charge in [0.1, 0.15) is 0 Å². The summed E-state index contributed by atoms with van der Waals surface area (Å²) in [6.45, 7) is 0. The number of nitrogens with zero attached hydrogens (tertiary/aromatic N) is 2. The highest BCUT2D eigenvalue weighted by Gasteiger charge is 2.20. The van der Waals surface area contributed by atoms with Crippen LogP contribution in [0.25, 0.3) is 11.0 Å². The van der Waals surface area contributed by atoms with Gasteiger partial charge in [-0.25, -0.2) is 4.79 Å². The minimum absolute atomic E-state index is 0.0373. The Hall–Kier alpha value is -0.790. The summed E-state index contributed by atoms with van der Waals surface area (Å²) < 4.78 is 10.2. The Kier molecular flexibility index (Phi) is 3.92. The Balaban J connectivity index is 2.24. The minimum atomic E-state index is -0.0419. The van der Waals surface area contributed by atoms with Crippen molar-refractivity contribution < 1.29 is 4.42 Å². The first-order chi connectivity index (χ1) is 9.91. The average Bonchev–Trinajstić information content (AvgIpc) is 2.97. The molecule has 0 aliphatic carbocycles. The number of hydrogen-bond acceptors (Lipinski definition) is 2. The van der Waals surface area contributed by atoms with Crippen LogP contribution in [-0.2, 0) is 14.1 Å². The van der Waals surface area contributed by atoms with E-state index in [0.29, 0.717) is 4.67 Å². The summed E-state index contributed by atoms with van der Waals surface area (Å²) in [7, 11) is 3.55. The Morgan fingerprint density at radius 2 is 1.71 bits per heavy atom. The Morgan fingerprint density at radius 3 is 2.29 bits per heavy atom. The van der Waals surface area contributed by atoms with Crippen molar-refractivity contribution in [3.63, 3.8) is 0 Å². The highest BCUT2D eigenvalue weighted by molar-refractivity contribution is 9.11. The summed E-state index contributed by atoms with van der Waals surface area (Å²) in [6, 6.07) is 5.89. The van der Waals surface area contributed by atoms with Crippen LogP contribution >= 0.6 is 47.8 Å². The molecule has 1 aromatic carbocycles. The van der Waals surface area contributed by atoms with Crippen LogP contribution in [0.5, 0.6) is 0 Å². The first-order valence-electron chi connectivity index (χ1n) is 6.13. The molecule has 0 saturated heterocycles. The predicted molar refractivity (Wildman–Crippen MR) is 93.0 cm³/mol. The van der Waals surface area contributed by atoms with Crippen molar-refractivity contribution in [2.24, 2.45) is 14.1 Å². The molecule has 0 aliphatic heterocycles. The van der Waals surface area contributed by atoms with Gasteiger partial charge in [0.15, 0.2) is 4.67 Å². The van der Waals surface area contributed by atoms with Crippen LogP contribution in [-0.4, -0.2) is 9.13 Å². The number of benzene rings is 1. The molecule has 1 unspecified atom stereocenters. The van der Waals surface area contributed by atoms with Gasteiger partial charge in [0, 0.05) is 24.1 Å². The molecule has 0 N–H and O–H groups in total. The summed E-state index contributed by atoms with van der Waals surface area (Å²) in [6.07, 6.45) is 1.64. The van der Waals surface area contributed by atoms with Gasteiger partial charge in [-0.1, -0.05) is 31.9 Å². The van der Waals surface area contributed by atoms with Gasteiger partial charge < -0.3 is 4.42 Å². The molecule has 0 saturated carbocycles. The SMILES string of the molecule is Cn1c(=O)n(C)c2cc(C(Br)c3ccoc3Br)c(Br)cc21. The van der Waals surface area contributed by atoms with Crippen molar-refractivity contribution in [2.75, 3.05) is 0 Å². The number of aryl methyl sites for hydroxylation is 2. The maximum absolute atomic E-state index is 12.0. The van der Waals surface area contributed by atoms with Crippen LogP contribution in [0, 0.1) is 0 Å². The van der Waals surface area contributed by atoms with E-state index in [1.807, 2.05) is 18.2 Å². The van der Waals surface area contributed by atoms with E-state index in [1.54, 1.807) is 29.5 Å². The molecule has 2 aromatic heterocycles. The molecule has 3 rings (SSSR count). The number of aromatic nitrogens is 2. The fourth-order valence-electron chi connectivity index (χ4n) is 2.38. The molecule has 4 nitrogen and oxygen atoms in total. The fraction of sp³-hybridized carbons (Fsp3) is 0.214. The van der Waals surface area contributed by atoms with Gasteiger partial charge in [-0.2, -0.15) is 0 Å². The van der Waals surface area contributed by atoms with E-state index in [2.05, 4.69) is 47.8 Å². The molecule has 21 heavy (non-hydrogen) atoms. The molecule has 2 heterocycles. The third-order valence-electron chi connectivity index (χ3n) is 3.58. The topological polar surface area (TPSA) is 40.1 Å². The summed E-state index contributed by atoms with van der Waals surface area (Å²) in [5.41, 5.74) is 3.78. The van der Waals surface area contributed by atoms with Crippen LogP contribution in [0.2, 0.25) is 0 Å². The van der Waals surface area contributed by atoms with E-state index >= 15 is 0 Å². The molecule has 0 spiro atoms. The Morgan fingerprint density at radius 1 is 1.10 bits per heavy atom. The Labute approximate surface area is 146 Å². The van der Waals surface area contributed by atoms with Crippen molar-refractivity contribution in [3.05, 3.63) is 55.2 Å². The largest absolute Gasteiger partial charge is 0.457 e. The number of imidazole rings is 1. The van der Waals surface area contributed by atoms with E-state index in [1.165, 1.54) is 0 Å². The molecule has 0 aliphatic rings. The van der Waals surface area contributed by atoms with E-state index in [9.17, 15) is 4.79 Å². The van der Waals surface area contributed by atoms with E-state index in [-0.39, 0.29) is 10.5 Å². The number of furan rings is 1. The molecule has 0 bridgehead atoms. The lowest BCUT2D eigenvalue weighted by atomic mass is 10.1. The first-order valence-corrected chi connectivity index (χ1v) is 8.63. The number of halogens is 3. The lowest BCUT2D eigenvalue weighted by Gasteiger charge is -2.12. The molecule has 110 valence electrons. The number of alkyl halides is 1. The van der Waals surface area contributed by atoms with Gasteiger partial charge in [0.2, 0.25) is 0 Å². The lowest BCUT2D eigenvalue weighted by molar-refractivity contribution is 0.537. The molecule has 7 heteroatoms. The predicted octanol–water partition coefficient (Wildman–Crippen LogP) is 4.48. The zero-order valence-electron chi connectivity index (χ0n) is 11.2. The fourth-order valence-corrected chi connectivity index (χ4v) is 4.77. The monoisotopic (exact) mass is 476 g/mol. The van der Waals surface area contributed by atoms with Crippen molar-refractivity contribution in [1.29, 1.82) is 0 Å². The summed E-state index contributed by atoms with van der Waals surface area (Å²) in [5, 5.41) is 0. The Bertz CT molecular complexity index is 892. The van der Waals surface area contributed by atoms with E-state index in [0.717, 1.165) is 26.6 Å². The van der Waals surface area contributed by atoms with Gasteiger partial charge in [-0.15, -0.1) is 0 Å². The zero-order chi connectivity index (χ0) is 15.3. The zero-order valence-corrected chi connectivity index (χ0v) is 16.0. The minimum Gasteiger partial charge on any atom is -0.457 e. The number of rotatable bonds is 2. The van der Waals surface area contributed by atoms with E-state index < -0.39 is 0 Å². The molecular weight excluding hydrogens is 468 g/mol. The smallest absolute Gasteiger partial charge is 0.328 e. The summed E-state index contributed by atoms with van der Waals surface area (Å²) >= 11 is 10.7.